The van der Waals surface area contributed by atoms with E-state index in [-0.39, 0.29) is 29.8 Å². The van der Waals surface area contributed by atoms with Gasteiger partial charge in [-0.2, -0.15) is 0 Å². The van der Waals surface area contributed by atoms with Crippen molar-refractivity contribution in [2.45, 2.75) is 30.7 Å². The Morgan fingerprint density at radius 3 is 2.07 bits per heavy atom. The van der Waals surface area contributed by atoms with Crippen molar-refractivity contribution < 1.29 is 21.6 Å². The highest BCUT2D eigenvalue weighted by molar-refractivity contribution is 7.92. The summed E-state index contributed by atoms with van der Waals surface area (Å²) in [5.41, 5.74) is 1.26. The summed E-state index contributed by atoms with van der Waals surface area (Å²) in [4.78, 5) is 12.5. The van der Waals surface area contributed by atoms with Crippen LogP contribution in [0.15, 0.2) is 53.4 Å². The first-order valence-corrected chi connectivity index (χ1v) is 13.3. The first-order chi connectivity index (χ1) is 13.9. The molecular formula is C20H25ClN2O5S2. The van der Waals surface area contributed by atoms with Gasteiger partial charge in [-0.15, -0.1) is 0 Å². The number of nitrogens with zero attached hydrogens (tertiary/aromatic N) is 1. The molecule has 0 aliphatic carbocycles. The second-order valence-corrected chi connectivity index (χ2v) is 11.4. The van der Waals surface area contributed by atoms with E-state index in [1.165, 1.54) is 16.4 Å². The fraction of sp³-hybridized carbons (Fsp3) is 0.350. The molecule has 0 unspecified atom stereocenters. The third kappa shape index (κ3) is 7.00. The molecule has 0 aromatic heterocycles. The van der Waals surface area contributed by atoms with Crippen molar-refractivity contribution in [3.05, 3.63) is 59.1 Å². The molecule has 0 aliphatic heterocycles. The zero-order chi connectivity index (χ0) is 22.5. The first-order valence-electron chi connectivity index (χ1n) is 9.20. The van der Waals surface area contributed by atoms with Gasteiger partial charge < -0.3 is 5.32 Å². The third-order valence-corrected chi connectivity index (χ3v) is 7.04. The summed E-state index contributed by atoms with van der Waals surface area (Å²) >= 11 is 5.86. The number of sulfone groups is 1. The average molecular weight is 473 g/mol. The number of nitrogens with one attached hydrogen (secondary N) is 1. The highest BCUT2D eigenvalue weighted by Crippen LogP contribution is 2.21. The molecule has 2 rings (SSSR count). The van der Waals surface area contributed by atoms with Crippen LogP contribution in [-0.2, 0) is 24.7 Å². The quantitative estimate of drug-likeness (QED) is 0.604. The van der Waals surface area contributed by atoms with Gasteiger partial charge in [0.2, 0.25) is 15.9 Å². The molecule has 7 nitrogen and oxygen atoms in total. The van der Waals surface area contributed by atoms with Gasteiger partial charge in [0.05, 0.1) is 22.9 Å². The highest BCUT2D eigenvalue weighted by atomic mass is 35.5. The van der Waals surface area contributed by atoms with E-state index < -0.39 is 19.9 Å². The molecule has 2 aromatic rings. The largest absolute Gasteiger partial charge is 0.350 e. The van der Waals surface area contributed by atoms with E-state index in [9.17, 15) is 21.6 Å². The van der Waals surface area contributed by atoms with Gasteiger partial charge in [0.25, 0.3) is 0 Å². The van der Waals surface area contributed by atoms with Gasteiger partial charge >= 0.3 is 0 Å². The number of anilines is 1. The number of halogens is 1. The lowest BCUT2D eigenvalue weighted by atomic mass is 10.1. The minimum absolute atomic E-state index is 0.144. The van der Waals surface area contributed by atoms with Gasteiger partial charge in [-0.05, 0) is 55.3 Å². The molecule has 0 saturated carbocycles. The van der Waals surface area contributed by atoms with E-state index >= 15 is 0 Å². The fourth-order valence-corrected chi connectivity index (χ4v) is 4.60. The zero-order valence-electron chi connectivity index (χ0n) is 17.0. The second kappa shape index (κ2) is 9.80. The van der Waals surface area contributed by atoms with Crippen molar-refractivity contribution >= 4 is 43.1 Å². The second-order valence-electron chi connectivity index (χ2n) is 7.05. The predicted molar refractivity (Wildman–Crippen MR) is 119 cm³/mol. The van der Waals surface area contributed by atoms with Gasteiger partial charge in [0.1, 0.15) is 0 Å². The van der Waals surface area contributed by atoms with Crippen LogP contribution in [0, 0.1) is 0 Å². The van der Waals surface area contributed by atoms with E-state index in [4.69, 9.17) is 11.6 Å². The molecular weight excluding hydrogens is 448 g/mol. The summed E-state index contributed by atoms with van der Waals surface area (Å²) in [6, 6.07) is 12.5. The lowest BCUT2D eigenvalue weighted by Gasteiger charge is -2.22. The van der Waals surface area contributed by atoms with Gasteiger partial charge in [0.15, 0.2) is 9.84 Å². The molecule has 2 aromatic carbocycles. The summed E-state index contributed by atoms with van der Waals surface area (Å²) in [6.07, 6.45) is 2.73. The van der Waals surface area contributed by atoms with Crippen LogP contribution < -0.4 is 9.62 Å². The van der Waals surface area contributed by atoms with Crippen molar-refractivity contribution in [1.29, 1.82) is 0 Å². The van der Waals surface area contributed by atoms with Crippen LogP contribution in [0.2, 0.25) is 5.02 Å². The number of carbonyl (C=O) groups is 1. The smallest absolute Gasteiger partial charge is 0.232 e. The molecule has 1 atom stereocenters. The van der Waals surface area contributed by atoms with Gasteiger partial charge in [-0.3, -0.25) is 9.10 Å². The van der Waals surface area contributed by atoms with Crippen LogP contribution in [0.1, 0.15) is 31.4 Å². The van der Waals surface area contributed by atoms with Crippen molar-refractivity contribution in [1.82, 2.24) is 5.32 Å². The normalized spacial score (nSPS) is 12.9. The Balaban J connectivity index is 1.93. The number of amides is 1. The Hall–Kier alpha value is -2.10. The summed E-state index contributed by atoms with van der Waals surface area (Å²) in [7, 11) is -6.78. The van der Waals surface area contributed by atoms with Gasteiger partial charge in [0, 0.05) is 24.2 Å². The molecule has 1 N–H and O–H groups in total. The molecule has 0 radical (unpaired) electrons. The Morgan fingerprint density at radius 1 is 1.00 bits per heavy atom. The average Bonchev–Trinajstić information content (AvgIpc) is 2.64. The van der Waals surface area contributed by atoms with Gasteiger partial charge in [-0.1, -0.05) is 23.7 Å². The van der Waals surface area contributed by atoms with Crippen molar-refractivity contribution in [3.63, 3.8) is 0 Å². The first kappa shape index (κ1) is 24.2. The molecule has 30 heavy (non-hydrogen) atoms. The Morgan fingerprint density at radius 2 is 1.57 bits per heavy atom. The van der Waals surface area contributed by atoms with Crippen LogP contribution in [0.4, 0.5) is 5.69 Å². The Labute approximate surface area is 183 Å². The highest BCUT2D eigenvalue weighted by Gasteiger charge is 2.18. The van der Waals surface area contributed by atoms with Crippen LogP contribution in [0.25, 0.3) is 0 Å². The Kier molecular flexibility index (Phi) is 7.90. The number of rotatable bonds is 9. The van der Waals surface area contributed by atoms with Crippen LogP contribution in [0.5, 0.6) is 0 Å². The minimum atomic E-state index is -3.50. The molecule has 0 bridgehead atoms. The third-order valence-electron chi connectivity index (χ3n) is 4.47. The molecule has 164 valence electrons. The summed E-state index contributed by atoms with van der Waals surface area (Å²) < 4.78 is 48.5. The number of carbonyl (C=O) groups excluding carboxylic acids is 1. The maximum absolute atomic E-state index is 12.3. The molecule has 0 spiro atoms. The van der Waals surface area contributed by atoms with E-state index in [0.717, 1.165) is 18.1 Å². The van der Waals surface area contributed by atoms with Crippen LogP contribution in [-0.4, -0.2) is 41.8 Å². The van der Waals surface area contributed by atoms with E-state index in [2.05, 4.69) is 5.32 Å². The number of hydrogen-bond donors (Lipinski definition) is 1. The number of benzene rings is 2. The predicted octanol–water partition coefficient (Wildman–Crippen LogP) is 3.17. The summed E-state index contributed by atoms with van der Waals surface area (Å²) in [6.45, 7) is 1.95. The minimum Gasteiger partial charge on any atom is -0.350 e. The molecule has 10 heteroatoms. The van der Waals surface area contributed by atoms with Crippen LogP contribution in [0.3, 0.4) is 0 Å². The Bertz CT molecular complexity index is 1080. The van der Waals surface area contributed by atoms with Crippen molar-refractivity contribution in [2.24, 2.45) is 0 Å². The topological polar surface area (TPSA) is 101 Å². The molecule has 0 heterocycles. The van der Waals surface area contributed by atoms with Crippen molar-refractivity contribution in [2.75, 3.05) is 23.4 Å². The number of sulfonamides is 1. The molecule has 0 fully saturated rings. The van der Waals surface area contributed by atoms with E-state index in [1.807, 2.05) is 0 Å². The molecule has 0 aliphatic rings. The van der Waals surface area contributed by atoms with Crippen molar-refractivity contribution in [3.8, 4) is 0 Å². The lowest BCUT2D eigenvalue weighted by molar-refractivity contribution is -0.121. The zero-order valence-corrected chi connectivity index (χ0v) is 19.4. The fourth-order valence-electron chi connectivity index (χ4n) is 2.88. The van der Waals surface area contributed by atoms with Crippen LogP contribution >= 0.6 is 11.6 Å². The number of hydrogen-bond acceptors (Lipinski definition) is 5. The standard InChI is InChI=1S/C20H25ClN2O5S2/c1-15(16-6-12-19(13-7-16)29(2,25)26)22-20(24)5-4-14-23(30(3,27)28)18-10-8-17(21)9-11-18/h6-13,15H,4-5,14H2,1-3H3,(H,22,24)/t15-/m0/s1. The maximum Gasteiger partial charge on any atom is 0.232 e. The summed E-state index contributed by atoms with van der Waals surface area (Å²) in [5, 5.41) is 3.35. The van der Waals surface area contributed by atoms with E-state index in [1.54, 1.807) is 43.3 Å². The monoisotopic (exact) mass is 472 g/mol. The maximum atomic E-state index is 12.3. The lowest BCUT2D eigenvalue weighted by Crippen LogP contribution is -2.32. The van der Waals surface area contributed by atoms with E-state index in [0.29, 0.717) is 17.1 Å². The van der Waals surface area contributed by atoms with Gasteiger partial charge in [-0.25, -0.2) is 16.8 Å². The summed E-state index contributed by atoms with van der Waals surface area (Å²) in [5.74, 6) is -0.223. The molecule has 1 amide bonds. The SMILES string of the molecule is C[C@H](NC(=O)CCCN(c1ccc(Cl)cc1)S(C)(=O)=O)c1ccc(S(C)(=O)=O)cc1. The molecule has 0 saturated heterocycles.